The molecule has 1 aromatic rings. The Bertz CT molecular complexity index is 603. The number of hydrogen-bond donors (Lipinski definition) is 2. The molecule has 0 amide bonds. The first-order valence-corrected chi connectivity index (χ1v) is 8.70. The zero-order valence-corrected chi connectivity index (χ0v) is 14.2. The van der Waals surface area contributed by atoms with Gasteiger partial charge in [-0.2, -0.15) is 0 Å². The molecule has 1 atom stereocenters. The van der Waals surface area contributed by atoms with Crippen molar-refractivity contribution in [2.24, 2.45) is 0 Å². The zero-order valence-electron chi connectivity index (χ0n) is 11.8. The minimum Gasteiger partial charge on any atom is -0.492 e. The van der Waals surface area contributed by atoms with Crippen LogP contribution in [-0.2, 0) is 14.8 Å². The van der Waals surface area contributed by atoms with E-state index in [0.29, 0.717) is 11.1 Å². The monoisotopic (exact) mass is 379 g/mol. The summed E-state index contributed by atoms with van der Waals surface area (Å²) in [6.45, 7) is 3.74. The summed E-state index contributed by atoms with van der Waals surface area (Å²) in [5, 5.41) is 8.62. The number of halogens is 1. The van der Waals surface area contributed by atoms with Crippen LogP contribution in [0, 0.1) is 0 Å². The Morgan fingerprint density at radius 3 is 2.71 bits per heavy atom. The van der Waals surface area contributed by atoms with E-state index in [1.807, 2.05) is 0 Å². The van der Waals surface area contributed by atoms with Crippen LogP contribution in [0.1, 0.15) is 26.7 Å². The van der Waals surface area contributed by atoms with Crippen molar-refractivity contribution in [1.29, 1.82) is 0 Å². The molecule has 21 heavy (non-hydrogen) atoms. The van der Waals surface area contributed by atoms with Gasteiger partial charge in [-0.3, -0.25) is 4.79 Å². The van der Waals surface area contributed by atoms with Gasteiger partial charge in [-0.1, -0.05) is 15.9 Å². The van der Waals surface area contributed by atoms with E-state index in [1.165, 1.54) is 6.07 Å². The predicted molar refractivity (Wildman–Crippen MR) is 82.0 cm³/mol. The van der Waals surface area contributed by atoms with Gasteiger partial charge < -0.3 is 9.84 Å². The summed E-state index contributed by atoms with van der Waals surface area (Å²) in [6, 6.07) is 4.23. The normalized spacial score (nSPS) is 12.9. The van der Waals surface area contributed by atoms with E-state index in [9.17, 15) is 13.2 Å². The molecule has 8 heteroatoms. The highest BCUT2D eigenvalue weighted by molar-refractivity contribution is 9.10. The third-order valence-corrected chi connectivity index (χ3v) is 4.75. The lowest BCUT2D eigenvalue weighted by Gasteiger charge is -2.16. The Kier molecular flexibility index (Phi) is 6.63. The largest absolute Gasteiger partial charge is 0.492 e. The third-order valence-electron chi connectivity index (χ3n) is 2.64. The molecule has 1 unspecified atom stereocenters. The van der Waals surface area contributed by atoms with E-state index in [1.54, 1.807) is 26.0 Å². The van der Waals surface area contributed by atoms with E-state index in [0.717, 1.165) is 0 Å². The first kappa shape index (κ1) is 17.9. The molecule has 0 bridgehead atoms. The Morgan fingerprint density at radius 1 is 1.48 bits per heavy atom. The molecule has 0 aliphatic heterocycles. The van der Waals surface area contributed by atoms with E-state index in [-0.39, 0.29) is 23.5 Å². The highest BCUT2D eigenvalue weighted by Crippen LogP contribution is 2.27. The molecular weight excluding hydrogens is 362 g/mol. The molecule has 1 rings (SSSR count). The molecule has 0 heterocycles. The SMILES string of the molecule is CCOc1ccc(Br)cc1S(=O)(=O)NC(C)CCC(=O)O. The number of ether oxygens (including phenoxy) is 1. The van der Waals surface area contributed by atoms with Crippen LogP contribution in [0.25, 0.3) is 0 Å². The molecule has 2 N–H and O–H groups in total. The molecule has 0 aromatic heterocycles. The number of aliphatic carboxylic acids is 1. The fraction of sp³-hybridized carbons (Fsp3) is 0.462. The fourth-order valence-corrected chi connectivity index (χ4v) is 3.65. The van der Waals surface area contributed by atoms with Crippen LogP contribution in [0.15, 0.2) is 27.6 Å². The molecule has 0 radical (unpaired) electrons. The quantitative estimate of drug-likeness (QED) is 0.723. The molecule has 1 aromatic carbocycles. The van der Waals surface area contributed by atoms with Crippen molar-refractivity contribution in [3.63, 3.8) is 0 Å². The third kappa shape index (κ3) is 5.64. The summed E-state index contributed by atoms with van der Waals surface area (Å²) in [7, 11) is -3.78. The van der Waals surface area contributed by atoms with Crippen LogP contribution in [-0.4, -0.2) is 32.1 Å². The van der Waals surface area contributed by atoms with E-state index >= 15 is 0 Å². The van der Waals surface area contributed by atoms with Crippen molar-refractivity contribution >= 4 is 31.9 Å². The van der Waals surface area contributed by atoms with Crippen molar-refractivity contribution in [3.05, 3.63) is 22.7 Å². The van der Waals surface area contributed by atoms with Crippen molar-refractivity contribution in [2.45, 2.75) is 37.6 Å². The van der Waals surface area contributed by atoms with Gasteiger partial charge in [0, 0.05) is 16.9 Å². The molecule has 0 aliphatic carbocycles. The van der Waals surface area contributed by atoms with Crippen molar-refractivity contribution < 1.29 is 23.1 Å². The van der Waals surface area contributed by atoms with Gasteiger partial charge in [0.2, 0.25) is 10.0 Å². The summed E-state index contributed by atoms with van der Waals surface area (Å²) in [5.41, 5.74) is 0. The van der Waals surface area contributed by atoms with Crippen molar-refractivity contribution in [2.75, 3.05) is 6.61 Å². The maximum Gasteiger partial charge on any atom is 0.303 e. The molecule has 0 spiro atoms. The average molecular weight is 380 g/mol. The Balaban J connectivity index is 2.96. The Morgan fingerprint density at radius 2 is 2.14 bits per heavy atom. The van der Waals surface area contributed by atoms with Gasteiger partial charge >= 0.3 is 5.97 Å². The lowest BCUT2D eigenvalue weighted by atomic mass is 10.2. The van der Waals surface area contributed by atoms with Gasteiger partial charge in [0.1, 0.15) is 10.6 Å². The maximum absolute atomic E-state index is 12.4. The first-order valence-electron chi connectivity index (χ1n) is 6.42. The van der Waals surface area contributed by atoms with Crippen LogP contribution in [0.5, 0.6) is 5.75 Å². The molecule has 0 fully saturated rings. The molecule has 6 nitrogen and oxygen atoms in total. The summed E-state index contributed by atoms with van der Waals surface area (Å²) >= 11 is 3.23. The predicted octanol–water partition coefficient (Wildman–Crippen LogP) is 2.38. The van der Waals surface area contributed by atoms with Gasteiger partial charge in [-0.05, 0) is 38.5 Å². The number of nitrogens with one attached hydrogen (secondary N) is 1. The van der Waals surface area contributed by atoms with Crippen molar-refractivity contribution in [1.82, 2.24) is 4.72 Å². The Hall–Kier alpha value is -1.12. The molecule has 0 saturated heterocycles. The van der Waals surface area contributed by atoms with Crippen LogP contribution >= 0.6 is 15.9 Å². The van der Waals surface area contributed by atoms with Gasteiger partial charge in [0.15, 0.2) is 0 Å². The van der Waals surface area contributed by atoms with E-state index in [4.69, 9.17) is 9.84 Å². The number of rotatable bonds is 8. The lowest BCUT2D eigenvalue weighted by Crippen LogP contribution is -2.33. The number of carboxylic acid groups (broad SMARTS) is 1. The van der Waals surface area contributed by atoms with E-state index in [2.05, 4.69) is 20.7 Å². The second-order valence-corrected chi connectivity index (χ2v) is 7.08. The Labute approximate surface area is 132 Å². The molecule has 0 aliphatic rings. The van der Waals surface area contributed by atoms with Gasteiger partial charge in [0.25, 0.3) is 0 Å². The average Bonchev–Trinajstić information content (AvgIpc) is 2.38. The van der Waals surface area contributed by atoms with Crippen LogP contribution in [0.2, 0.25) is 0 Å². The van der Waals surface area contributed by atoms with Crippen molar-refractivity contribution in [3.8, 4) is 5.75 Å². The molecule has 118 valence electrons. The summed E-state index contributed by atoms with van der Waals surface area (Å²) in [6.07, 6.45) is 0.118. The molecular formula is C13H18BrNO5S. The second-order valence-electron chi connectivity index (χ2n) is 4.48. The van der Waals surface area contributed by atoms with E-state index < -0.39 is 22.0 Å². The number of sulfonamides is 1. The smallest absolute Gasteiger partial charge is 0.303 e. The highest BCUT2D eigenvalue weighted by Gasteiger charge is 2.22. The maximum atomic E-state index is 12.4. The topological polar surface area (TPSA) is 92.7 Å². The summed E-state index contributed by atoms with van der Waals surface area (Å²) < 4.78 is 33.2. The van der Waals surface area contributed by atoms with Crippen LogP contribution < -0.4 is 9.46 Å². The minimum absolute atomic E-state index is 0.0286. The lowest BCUT2D eigenvalue weighted by molar-refractivity contribution is -0.137. The number of benzene rings is 1. The van der Waals surface area contributed by atoms with Gasteiger partial charge in [0.05, 0.1) is 6.61 Å². The standard InChI is InChI=1S/C13H18BrNO5S/c1-3-20-11-6-5-10(14)8-12(11)21(18,19)15-9(2)4-7-13(16)17/h5-6,8-9,15H,3-4,7H2,1-2H3,(H,16,17). The van der Waals surface area contributed by atoms with Gasteiger partial charge in [-0.25, -0.2) is 13.1 Å². The second kappa shape index (κ2) is 7.77. The number of carbonyl (C=O) groups is 1. The number of hydrogen-bond acceptors (Lipinski definition) is 4. The first-order chi connectivity index (χ1) is 9.76. The summed E-state index contributed by atoms with van der Waals surface area (Å²) in [4.78, 5) is 10.5. The van der Waals surface area contributed by atoms with Gasteiger partial charge in [-0.15, -0.1) is 0 Å². The minimum atomic E-state index is -3.78. The highest BCUT2D eigenvalue weighted by atomic mass is 79.9. The number of carboxylic acids is 1. The molecule has 0 saturated carbocycles. The fourth-order valence-electron chi connectivity index (χ4n) is 1.69. The summed E-state index contributed by atoms with van der Waals surface area (Å²) in [5.74, 6) is -0.697. The zero-order chi connectivity index (χ0) is 16.0. The van der Waals surface area contributed by atoms with Crippen LogP contribution in [0.3, 0.4) is 0 Å². The van der Waals surface area contributed by atoms with Crippen LogP contribution in [0.4, 0.5) is 0 Å².